The normalized spacial score (nSPS) is 13.3. The molecule has 1 aliphatic carbocycles. The number of carbonyl (C=O) groups excluding carboxylic acids is 3. The van der Waals surface area contributed by atoms with Crippen LogP contribution in [0.2, 0.25) is 0 Å². The average molecular weight is 332 g/mol. The van der Waals surface area contributed by atoms with Crippen LogP contribution in [0.25, 0.3) is 0 Å². The maximum Gasteiger partial charge on any atom is 0.324 e. The topological polar surface area (TPSA) is 98.5 Å². The van der Waals surface area contributed by atoms with Gasteiger partial charge in [0.25, 0.3) is 0 Å². The number of ketones is 1. The monoisotopic (exact) mass is 332 g/mol. The summed E-state index contributed by atoms with van der Waals surface area (Å²) in [5, 5.41) is 2.88. The van der Waals surface area contributed by atoms with Crippen LogP contribution in [0.3, 0.4) is 0 Å². The number of carbonyl (C=O) groups is 3. The number of nitrogens with one attached hydrogen (secondary N) is 1. The molecule has 0 bridgehead atoms. The van der Waals surface area contributed by atoms with Crippen LogP contribution in [-0.2, 0) is 20.8 Å². The summed E-state index contributed by atoms with van der Waals surface area (Å²) >= 11 is 0. The molecular formula is C18H24N2O4. The van der Waals surface area contributed by atoms with Gasteiger partial charge in [0.2, 0.25) is 5.91 Å². The number of hydrogen-bond acceptors (Lipinski definition) is 5. The molecule has 1 aliphatic rings. The SMILES string of the molecule is NOC(=O)CCCCCCC(=O)Nc1ccc2c(c1)CCCC2=O. The molecule has 3 N–H and O–H groups in total. The Bertz CT molecular complexity index is 613. The second-order valence-electron chi connectivity index (χ2n) is 6.10. The number of anilines is 1. The molecule has 0 fully saturated rings. The van der Waals surface area contributed by atoms with Crippen molar-refractivity contribution in [2.45, 2.75) is 57.8 Å². The van der Waals surface area contributed by atoms with Gasteiger partial charge in [0.05, 0.1) is 0 Å². The summed E-state index contributed by atoms with van der Waals surface area (Å²) in [4.78, 5) is 38.7. The first kappa shape index (κ1) is 18.1. The third-order valence-electron chi connectivity index (χ3n) is 4.21. The van der Waals surface area contributed by atoms with Crippen molar-refractivity contribution in [2.75, 3.05) is 5.32 Å². The molecule has 24 heavy (non-hydrogen) atoms. The maximum atomic E-state index is 12.0. The van der Waals surface area contributed by atoms with E-state index in [2.05, 4.69) is 10.2 Å². The first-order chi connectivity index (χ1) is 11.6. The predicted octanol–water partition coefficient (Wildman–Crippen LogP) is 2.90. The molecule has 0 saturated carbocycles. The van der Waals surface area contributed by atoms with Crippen LogP contribution >= 0.6 is 0 Å². The zero-order valence-corrected chi connectivity index (χ0v) is 13.8. The highest BCUT2D eigenvalue weighted by molar-refractivity contribution is 5.99. The second kappa shape index (κ2) is 9.17. The van der Waals surface area contributed by atoms with Gasteiger partial charge in [-0.3, -0.25) is 14.4 Å². The van der Waals surface area contributed by atoms with Gasteiger partial charge in [-0.1, -0.05) is 12.8 Å². The number of nitrogens with two attached hydrogens (primary N) is 1. The van der Waals surface area contributed by atoms with Crippen LogP contribution in [0.5, 0.6) is 0 Å². The Balaban J connectivity index is 1.69. The van der Waals surface area contributed by atoms with Crippen molar-refractivity contribution in [1.82, 2.24) is 0 Å². The Kier molecular flexibility index (Phi) is 6.93. The van der Waals surface area contributed by atoms with Gasteiger partial charge >= 0.3 is 5.97 Å². The first-order valence-corrected chi connectivity index (χ1v) is 8.45. The minimum Gasteiger partial charge on any atom is -0.373 e. The van der Waals surface area contributed by atoms with Crippen LogP contribution < -0.4 is 11.2 Å². The van der Waals surface area contributed by atoms with Crippen molar-refractivity contribution in [3.63, 3.8) is 0 Å². The van der Waals surface area contributed by atoms with E-state index in [0.29, 0.717) is 19.3 Å². The third-order valence-corrected chi connectivity index (χ3v) is 4.21. The summed E-state index contributed by atoms with van der Waals surface area (Å²) in [6.45, 7) is 0. The number of rotatable bonds is 8. The summed E-state index contributed by atoms with van der Waals surface area (Å²) < 4.78 is 0. The second-order valence-corrected chi connectivity index (χ2v) is 6.10. The molecule has 0 atom stereocenters. The van der Waals surface area contributed by atoms with E-state index in [1.165, 1.54) is 0 Å². The number of amides is 1. The first-order valence-electron chi connectivity index (χ1n) is 8.45. The van der Waals surface area contributed by atoms with E-state index < -0.39 is 5.97 Å². The van der Waals surface area contributed by atoms with Gasteiger partial charge in [-0.2, -0.15) is 5.90 Å². The molecule has 1 aromatic carbocycles. The van der Waals surface area contributed by atoms with Gasteiger partial charge in [0, 0.05) is 30.5 Å². The molecule has 6 nitrogen and oxygen atoms in total. The molecule has 0 aliphatic heterocycles. The zero-order chi connectivity index (χ0) is 17.4. The van der Waals surface area contributed by atoms with Crippen molar-refractivity contribution in [2.24, 2.45) is 5.90 Å². The molecule has 0 aromatic heterocycles. The van der Waals surface area contributed by atoms with Crippen molar-refractivity contribution < 1.29 is 19.2 Å². The summed E-state index contributed by atoms with van der Waals surface area (Å²) in [6.07, 6.45) is 6.36. The number of aryl methyl sites for hydroxylation is 1. The van der Waals surface area contributed by atoms with Gasteiger partial charge in [-0.15, -0.1) is 0 Å². The quantitative estimate of drug-likeness (QED) is 0.563. The average Bonchev–Trinajstić information content (AvgIpc) is 2.57. The smallest absolute Gasteiger partial charge is 0.324 e. The van der Waals surface area contributed by atoms with E-state index in [1.54, 1.807) is 6.07 Å². The predicted molar refractivity (Wildman–Crippen MR) is 90.3 cm³/mol. The Labute approximate surface area is 141 Å². The van der Waals surface area contributed by atoms with Gasteiger partial charge in [-0.05, 0) is 49.4 Å². The van der Waals surface area contributed by atoms with E-state index in [0.717, 1.165) is 55.3 Å². The Morgan fingerprint density at radius 3 is 2.58 bits per heavy atom. The molecule has 0 spiro atoms. The lowest BCUT2D eigenvalue weighted by Crippen LogP contribution is -2.14. The van der Waals surface area contributed by atoms with Crippen LogP contribution in [-0.4, -0.2) is 17.7 Å². The van der Waals surface area contributed by atoms with Crippen molar-refractivity contribution >= 4 is 23.3 Å². The van der Waals surface area contributed by atoms with E-state index in [1.807, 2.05) is 12.1 Å². The van der Waals surface area contributed by atoms with Gasteiger partial charge < -0.3 is 10.2 Å². The van der Waals surface area contributed by atoms with Crippen LogP contribution in [0, 0.1) is 0 Å². The largest absolute Gasteiger partial charge is 0.373 e. The fourth-order valence-corrected chi connectivity index (χ4v) is 2.92. The van der Waals surface area contributed by atoms with Crippen molar-refractivity contribution in [3.8, 4) is 0 Å². The molecule has 1 amide bonds. The Morgan fingerprint density at radius 2 is 1.83 bits per heavy atom. The summed E-state index contributed by atoms with van der Waals surface area (Å²) in [7, 11) is 0. The van der Waals surface area contributed by atoms with Crippen molar-refractivity contribution in [3.05, 3.63) is 29.3 Å². The van der Waals surface area contributed by atoms with Crippen LogP contribution in [0.15, 0.2) is 18.2 Å². The maximum absolute atomic E-state index is 12.0. The van der Waals surface area contributed by atoms with Crippen molar-refractivity contribution in [1.29, 1.82) is 0 Å². The molecule has 2 rings (SSSR count). The van der Waals surface area contributed by atoms with Gasteiger partial charge in [0.1, 0.15) is 0 Å². The van der Waals surface area contributed by atoms with Crippen LogP contribution in [0.4, 0.5) is 5.69 Å². The molecule has 6 heteroatoms. The molecule has 1 aromatic rings. The highest BCUT2D eigenvalue weighted by atomic mass is 16.7. The lowest BCUT2D eigenvalue weighted by molar-refractivity contribution is -0.144. The summed E-state index contributed by atoms with van der Waals surface area (Å²) in [5.74, 6) is 4.51. The number of hydrogen-bond donors (Lipinski definition) is 2. The highest BCUT2D eigenvalue weighted by Gasteiger charge is 2.17. The molecule has 0 heterocycles. The lowest BCUT2D eigenvalue weighted by Gasteiger charge is -2.16. The number of Topliss-reactive ketones (excluding diaryl/α,β-unsaturated/α-hetero) is 1. The molecule has 0 unspecified atom stereocenters. The third kappa shape index (κ3) is 5.45. The summed E-state index contributed by atoms with van der Waals surface area (Å²) in [6, 6.07) is 5.50. The standard InChI is InChI=1S/C18H24N2O4/c19-24-18(23)9-4-2-1-3-8-17(22)20-14-10-11-15-13(12-14)6-5-7-16(15)21/h10-12H,1-9,19H2,(H,20,22). The molecular weight excluding hydrogens is 308 g/mol. The lowest BCUT2D eigenvalue weighted by atomic mass is 9.90. The molecule has 0 saturated heterocycles. The Hall–Kier alpha value is -2.21. The number of benzene rings is 1. The van der Waals surface area contributed by atoms with E-state index in [4.69, 9.17) is 5.90 Å². The fourth-order valence-electron chi connectivity index (χ4n) is 2.92. The molecule has 0 radical (unpaired) electrons. The van der Waals surface area contributed by atoms with E-state index in [9.17, 15) is 14.4 Å². The Morgan fingerprint density at radius 1 is 1.08 bits per heavy atom. The minimum atomic E-state index is -0.404. The summed E-state index contributed by atoms with van der Waals surface area (Å²) in [5.41, 5.74) is 2.56. The fraction of sp³-hybridized carbons (Fsp3) is 0.500. The van der Waals surface area contributed by atoms with E-state index >= 15 is 0 Å². The van der Waals surface area contributed by atoms with Gasteiger partial charge in [-0.25, -0.2) is 0 Å². The molecule has 130 valence electrons. The highest BCUT2D eigenvalue weighted by Crippen LogP contribution is 2.24. The number of fused-ring (bicyclic) bond motifs is 1. The van der Waals surface area contributed by atoms with Crippen LogP contribution in [0.1, 0.15) is 67.3 Å². The minimum absolute atomic E-state index is 0.0292. The van der Waals surface area contributed by atoms with Gasteiger partial charge in [0.15, 0.2) is 5.78 Å². The number of unbranched alkanes of at least 4 members (excludes halogenated alkanes) is 3. The van der Waals surface area contributed by atoms with E-state index in [-0.39, 0.29) is 11.7 Å². The zero-order valence-electron chi connectivity index (χ0n) is 13.8.